The largest absolute Gasteiger partial charge is 0.449 e. The summed E-state index contributed by atoms with van der Waals surface area (Å²) in [5, 5.41) is 4.56. The zero-order valence-electron chi connectivity index (χ0n) is 17.7. The van der Waals surface area contributed by atoms with Crippen LogP contribution >= 0.6 is 0 Å². The van der Waals surface area contributed by atoms with Crippen molar-refractivity contribution >= 4 is 33.6 Å². The Bertz CT molecular complexity index is 1040. The smallest absolute Gasteiger partial charge is 0.338 e. The minimum Gasteiger partial charge on any atom is -0.449 e. The van der Waals surface area contributed by atoms with Crippen LogP contribution in [0.1, 0.15) is 31.1 Å². The number of imide groups is 1. The van der Waals surface area contributed by atoms with Gasteiger partial charge in [-0.15, -0.1) is 0 Å². The molecule has 10 heteroatoms. The highest BCUT2D eigenvalue weighted by Gasteiger charge is 2.23. The molecular weight excluding hydrogens is 422 g/mol. The Morgan fingerprint density at radius 2 is 1.52 bits per heavy atom. The van der Waals surface area contributed by atoms with Gasteiger partial charge in [0.2, 0.25) is 0 Å². The molecule has 0 saturated carbocycles. The Balaban J connectivity index is 2.04. The zero-order chi connectivity index (χ0) is 23.2. The molecule has 31 heavy (non-hydrogen) atoms. The summed E-state index contributed by atoms with van der Waals surface area (Å²) in [5.41, 5.74) is 0.555. The number of anilines is 1. The first-order valence-corrected chi connectivity index (χ1v) is 10.9. The molecule has 9 nitrogen and oxygen atoms in total. The molecule has 166 valence electrons. The van der Waals surface area contributed by atoms with Gasteiger partial charge in [-0.3, -0.25) is 14.4 Å². The lowest BCUT2D eigenvalue weighted by atomic mass is 10.2. The maximum atomic E-state index is 12.8. The van der Waals surface area contributed by atoms with Gasteiger partial charge in [-0.1, -0.05) is 18.2 Å². The van der Waals surface area contributed by atoms with Crippen molar-refractivity contribution in [3.63, 3.8) is 0 Å². The Kier molecular flexibility index (Phi) is 7.76. The molecule has 0 aromatic heterocycles. The minimum absolute atomic E-state index is 0.00782. The van der Waals surface area contributed by atoms with E-state index >= 15 is 0 Å². The van der Waals surface area contributed by atoms with Crippen LogP contribution in [0.2, 0.25) is 0 Å². The van der Waals surface area contributed by atoms with Crippen molar-refractivity contribution in [1.82, 2.24) is 10.6 Å². The molecule has 3 amide bonds. The molecule has 0 spiro atoms. The second-order valence-electron chi connectivity index (χ2n) is 7.00. The molecule has 2 aromatic rings. The quantitative estimate of drug-likeness (QED) is 0.628. The number of nitrogens with one attached hydrogen (secondary N) is 2. The molecule has 2 aromatic carbocycles. The second kappa shape index (κ2) is 10.1. The molecule has 2 N–H and O–H groups in total. The average molecular weight is 448 g/mol. The molecule has 0 aliphatic carbocycles. The van der Waals surface area contributed by atoms with E-state index < -0.39 is 34.0 Å². The number of esters is 1. The van der Waals surface area contributed by atoms with Gasteiger partial charge in [0.05, 0.1) is 16.1 Å². The Morgan fingerprint density at radius 1 is 0.935 bits per heavy atom. The molecule has 0 bridgehead atoms. The lowest BCUT2D eigenvalue weighted by Crippen LogP contribution is -2.46. The van der Waals surface area contributed by atoms with Gasteiger partial charge in [-0.05, 0) is 57.2 Å². The molecular formula is C21H25N3O6S. The summed E-state index contributed by atoms with van der Waals surface area (Å²) < 4.78 is 31.7. The van der Waals surface area contributed by atoms with Crippen LogP contribution < -0.4 is 14.9 Å². The highest BCUT2D eigenvalue weighted by atomic mass is 32.2. The van der Waals surface area contributed by atoms with Crippen molar-refractivity contribution in [2.45, 2.75) is 37.8 Å². The Morgan fingerprint density at radius 3 is 2.06 bits per heavy atom. The first kappa shape index (κ1) is 23.9. The predicted molar refractivity (Wildman–Crippen MR) is 115 cm³/mol. The molecule has 0 heterocycles. The second-order valence-corrected chi connectivity index (χ2v) is 8.97. The third kappa shape index (κ3) is 6.29. The number of para-hydroxylation sites is 1. The van der Waals surface area contributed by atoms with E-state index in [1.807, 2.05) is 0 Å². The van der Waals surface area contributed by atoms with E-state index in [-0.39, 0.29) is 16.5 Å². The molecule has 1 atom stereocenters. The first-order chi connectivity index (χ1) is 14.5. The summed E-state index contributed by atoms with van der Waals surface area (Å²) in [7, 11) is -2.39. The molecule has 0 saturated heterocycles. The van der Waals surface area contributed by atoms with Crippen molar-refractivity contribution in [2.75, 3.05) is 11.4 Å². The van der Waals surface area contributed by atoms with Crippen LogP contribution in [0.3, 0.4) is 0 Å². The topological polar surface area (TPSA) is 122 Å². The van der Waals surface area contributed by atoms with E-state index in [0.29, 0.717) is 5.69 Å². The number of benzene rings is 2. The maximum absolute atomic E-state index is 12.8. The highest BCUT2D eigenvalue weighted by Crippen LogP contribution is 2.22. The van der Waals surface area contributed by atoms with Crippen LogP contribution in [-0.2, 0) is 19.6 Å². The van der Waals surface area contributed by atoms with Crippen LogP contribution in [0.25, 0.3) is 0 Å². The summed E-state index contributed by atoms with van der Waals surface area (Å²) in [6.07, 6.45) is -1.22. The van der Waals surface area contributed by atoms with Crippen LogP contribution in [-0.4, -0.2) is 45.5 Å². The molecule has 0 fully saturated rings. The standard InChI is InChI=1S/C21H25N3O6S/c1-14(2)22-21(27)23-19(25)15(3)30-20(26)16-10-12-18(13-11-16)31(28,29)24(4)17-8-6-5-7-9-17/h5-15H,1-4H3,(H2,22,23,25,27). The van der Waals surface area contributed by atoms with Gasteiger partial charge in [-0.2, -0.15) is 0 Å². The number of carbonyl (C=O) groups excluding carboxylic acids is 3. The zero-order valence-corrected chi connectivity index (χ0v) is 18.5. The van der Waals surface area contributed by atoms with Crippen molar-refractivity contribution in [3.05, 3.63) is 60.2 Å². The van der Waals surface area contributed by atoms with Crippen LogP contribution in [0.15, 0.2) is 59.5 Å². The van der Waals surface area contributed by atoms with E-state index in [2.05, 4.69) is 10.6 Å². The van der Waals surface area contributed by atoms with Crippen molar-refractivity contribution in [3.8, 4) is 0 Å². The Labute approximate surface area is 181 Å². The number of hydrogen-bond donors (Lipinski definition) is 2. The average Bonchev–Trinajstić information content (AvgIpc) is 2.73. The fourth-order valence-corrected chi connectivity index (χ4v) is 3.69. The van der Waals surface area contributed by atoms with Crippen LogP contribution in [0.5, 0.6) is 0 Å². The Hall–Kier alpha value is -3.40. The van der Waals surface area contributed by atoms with E-state index in [9.17, 15) is 22.8 Å². The van der Waals surface area contributed by atoms with Gasteiger partial charge >= 0.3 is 12.0 Å². The van der Waals surface area contributed by atoms with Gasteiger partial charge in [-0.25, -0.2) is 18.0 Å². The minimum atomic E-state index is -3.82. The van der Waals surface area contributed by atoms with Crippen molar-refractivity contribution in [2.24, 2.45) is 0 Å². The lowest BCUT2D eigenvalue weighted by Gasteiger charge is -2.19. The third-order valence-corrected chi connectivity index (χ3v) is 5.98. The number of sulfonamides is 1. The fourth-order valence-electron chi connectivity index (χ4n) is 2.49. The van der Waals surface area contributed by atoms with Gasteiger partial charge in [0.15, 0.2) is 6.10 Å². The van der Waals surface area contributed by atoms with Crippen molar-refractivity contribution < 1.29 is 27.5 Å². The van der Waals surface area contributed by atoms with E-state index in [1.54, 1.807) is 44.2 Å². The summed E-state index contributed by atoms with van der Waals surface area (Å²) >= 11 is 0. The number of urea groups is 1. The first-order valence-electron chi connectivity index (χ1n) is 9.48. The van der Waals surface area contributed by atoms with Crippen LogP contribution in [0, 0.1) is 0 Å². The number of rotatable bonds is 7. The van der Waals surface area contributed by atoms with E-state index in [0.717, 1.165) is 4.31 Å². The molecule has 1 unspecified atom stereocenters. The van der Waals surface area contributed by atoms with Crippen LogP contribution in [0.4, 0.5) is 10.5 Å². The summed E-state index contributed by atoms with van der Waals surface area (Å²) in [5.74, 6) is -1.61. The lowest BCUT2D eigenvalue weighted by molar-refractivity contribution is -0.127. The fraction of sp³-hybridized carbons (Fsp3) is 0.286. The van der Waals surface area contributed by atoms with Crippen molar-refractivity contribution in [1.29, 1.82) is 0 Å². The molecule has 0 radical (unpaired) electrons. The summed E-state index contributed by atoms with van der Waals surface area (Å²) in [6.45, 7) is 4.79. The number of hydrogen-bond acceptors (Lipinski definition) is 6. The molecule has 0 aliphatic rings. The third-order valence-electron chi connectivity index (χ3n) is 4.18. The summed E-state index contributed by atoms with van der Waals surface area (Å²) in [6, 6.07) is 12.9. The number of nitrogens with zero attached hydrogens (tertiary/aromatic N) is 1. The normalized spacial score (nSPS) is 12.0. The molecule has 2 rings (SSSR count). The van der Waals surface area contributed by atoms with E-state index in [1.165, 1.54) is 38.2 Å². The number of amides is 3. The molecule has 0 aliphatic heterocycles. The highest BCUT2D eigenvalue weighted by molar-refractivity contribution is 7.92. The number of carbonyl (C=O) groups is 3. The van der Waals surface area contributed by atoms with Gasteiger partial charge < -0.3 is 10.1 Å². The predicted octanol–water partition coefficient (Wildman–Crippen LogP) is 2.29. The number of ether oxygens (including phenoxy) is 1. The van der Waals surface area contributed by atoms with Gasteiger partial charge in [0, 0.05) is 13.1 Å². The van der Waals surface area contributed by atoms with Gasteiger partial charge in [0.1, 0.15) is 0 Å². The van der Waals surface area contributed by atoms with Gasteiger partial charge in [0.25, 0.3) is 15.9 Å². The summed E-state index contributed by atoms with van der Waals surface area (Å²) in [4.78, 5) is 35.8. The van der Waals surface area contributed by atoms with E-state index in [4.69, 9.17) is 4.74 Å². The maximum Gasteiger partial charge on any atom is 0.338 e. The monoisotopic (exact) mass is 447 g/mol. The SMILES string of the molecule is CC(C)NC(=O)NC(=O)C(C)OC(=O)c1ccc(S(=O)(=O)N(C)c2ccccc2)cc1.